The lowest BCUT2D eigenvalue weighted by molar-refractivity contribution is -0.132. The van der Waals surface area contributed by atoms with E-state index in [2.05, 4.69) is 0 Å². The number of anilines is 1. The Balaban J connectivity index is 1.99. The molecule has 1 aliphatic rings. The zero-order chi connectivity index (χ0) is 20.5. The summed E-state index contributed by atoms with van der Waals surface area (Å²) in [4.78, 5) is 27.0. The highest BCUT2D eigenvalue weighted by Gasteiger charge is 2.47. The van der Waals surface area contributed by atoms with Gasteiger partial charge in [-0.1, -0.05) is 66.2 Å². The Morgan fingerprint density at radius 1 is 0.931 bits per heavy atom. The molecular formula is C23H15ClFNO3. The molecular weight excluding hydrogens is 393 g/mol. The predicted octanol–water partition coefficient (Wildman–Crippen LogP) is 5.11. The van der Waals surface area contributed by atoms with Crippen LogP contribution in [0.15, 0.2) is 84.4 Å². The second kappa shape index (κ2) is 7.53. The molecule has 4 nitrogen and oxygen atoms in total. The van der Waals surface area contributed by atoms with Crippen molar-refractivity contribution in [3.8, 4) is 0 Å². The molecule has 4 rings (SSSR count). The largest absolute Gasteiger partial charge is 0.507 e. The fraction of sp³-hybridized carbons (Fsp3) is 0.0435. The lowest BCUT2D eigenvalue weighted by Gasteiger charge is -2.25. The molecule has 1 fully saturated rings. The monoisotopic (exact) mass is 407 g/mol. The first-order valence-corrected chi connectivity index (χ1v) is 9.23. The summed E-state index contributed by atoms with van der Waals surface area (Å²) in [6.07, 6.45) is 0. The van der Waals surface area contributed by atoms with Gasteiger partial charge in [0.15, 0.2) is 0 Å². The molecule has 0 radical (unpaired) electrons. The van der Waals surface area contributed by atoms with Gasteiger partial charge in [-0.3, -0.25) is 14.5 Å². The first-order chi connectivity index (χ1) is 14.0. The number of ketones is 1. The molecule has 0 bridgehead atoms. The number of benzene rings is 3. The first-order valence-electron chi connectivity index (χ1n) is 8.85. The van der Waals surface area contributed by atoms with Crippen molar-refractivity contribution in [3.05, 3.63) is 106 Å². The summed E-state index contributed by atoms with van der Waals surface area (Å²) in [5.74, 6) is -2.70. The Morgan fingerprint density at radius 2 is 1.62 bits per heavy atom. The van der Waals surface area contributed by atoms with Crippen molar-refractivity contribution in [2.75, 3.05) is 4.90 Å². The third kappa shape index (κ3) is 3.30. The zero-order valence-electron chi connectivity index (χ0n) is 15.0. The smallest absolute Gasteiger partial charge is 0.300 e. The fourth-order valence-electron chi connectivity index (χ4n) is 3.47. The minimum Gasteiger partial charge on any atom is -0.507 e. The van der Waals surface area contributed by atoms with Crippen LogP contribution < -0.4 is 4.90 Å². The molecule has 3 aromatic carbocycles. The van der Waals surface area contributed by atoms with Crippen molar-refractivity contribution in [2.24, 2.45) is 0 Å². The Labute approximate surface area is 171 Å². The Morgan fingerprint density at radius 3 is 2.31 bits per heavy atom. The topological polar surface area (TPSA) is 57.6 Å². The highest BCUT2D eigenvalue weighted by atomic mass is 35.5. The van der Waals surface area contributed by atoms with Gasteiger partial charge in [-0.15, -0.1) is 0 Å². The third-order valence-electron chi connectivity index (χ3n) is 4.78. The number of nitrogens with zero attached hydrogens (tertiary/aromatic N) is 1. The number of hydrogen-bond donors (Lipinski definition) is 1. The van der Waals surface area contributed by atoms with Gasteiger partial charge in [-0.2, -0.15) is 0 Å². The van der Waals surface area contributed by atoms with Crippen LogP contribution in [0.25, 0.3) is 5.76 Å². The van der Waals surface area contributed by atoms with E-state index in [1.54, 1.807) is 54.6 Å². The van der Waals surface area contributed by atoms with Crippen LogP contribution in [0.1, 0.15) is 17.2 Å². The summed E-state index contributed by atoms with van der Waals surface area (Å²) in [6.45, 7) is 0. The standard InChI is InChI=1S/C23H15ClFNO3/c24-15-9-6-10-16(13-15)26-20(17-11-4-5-12-18(17)25)19(22(28)23(26)29)21(27)14-7-2-1-3-8-14/h1-13,20,27H/b21-19+. The molecule has 0 spiro atoms. The van der Waals surface area contributed by atoms with Gasteiger partial charge in [0.1, 0.15) is 11.6 Å². The Bertz CT molecular complexity index is 1140. The Hall–Kier alpha value is -3.44. The molecule has 1 N–H and O–H groups in total. The molecule has 1 heterocycles. The molecule has 0 aromatic heterocycles. The molecule has 1 aliphatic heterocycles. The van der Waals surface area contributed by atoms with E-state index in [1.807, 2.05) is 0 Å². The highest BCUT2D eigenvalue weighted by Crippen LogP contribution is 2.43. The van der Waals surface area contributed by atoms with Gasteiger partial charge < -0.3 is 5.11 Å². The molecule has 0 aliphatic carbocycles. The fourth-order valence-corrected chi connectivity index (χ4v) is 3.65. The number of rotatable bonds is 3. The van der Waals surface area contributed by atoms with E-state index < -0.39 is 23.5 Å². The van der Waals surface area contributed by atoms with Crippen molar-refractivity contribution in [3.63, 3.8) is 0 Å². The first kappa shape index (κ1) is 18.9. The van der Waals surface area contributed by atoms with Gasteiger partial charge in [0.2, 0.25) is 0 Å². The summed E-state index contributed by atoms with van der Waals surface area (Å²) in [5.41, 5.74) is 0.619. The second-order valence-corrected chi connectivity index (χ2v) is 6.97. The average molecular weight is 408 g/mol. The van der Waals surface area contributed by atoms with E-state index in [4.69, 9.17) is 11.6 Å². The van der Waals surface area contributed by atoms with E-state index in [0.29, 0.717) is 16.3 Å². The van der Waals surface area contributed by atoms with E-state index in [9.17, 15) is 19.1 Å². The number of halogens is 2. The average Bonchev–Trinajstić information content (AvgIpc) is 2.99. The zero-order valence-corrected chi connectivity index (χ0v) is 15.8. The van der Waals surface area contributed by atoms with E-state index in [1.165, 1.54) is 29.2 Å². The summed E-state index contributed by atoms with van der Waals surface area (Å²) >= 11 is 6.07. The van der Waals surface area contributed by atoms with Crippen LogP contribution in [0.4, 0.5) is 10.1 Å². The molecule has 1 saturated heterocycles. The lowest BCUT2D eigenvalue weighted by Crippen LogP contribution is -2.29. The van der Waals surface area contributed by atoms with Gasteiger partial charge in [0, 0.05) is 21.8 Å². The maximum absolute atomic E-state index is 14.7. The number of aliphatic hydroxyl groups is 1. The van der Waals surface area contributed by atoms with E-state index >= 15 is 0 Å². The summed E-state index contributed by atoms with van der Waals surface area (Å²) in [6, 6.07) is 19.5. The molecule has 1 unspecified atom stereocenters. The number of hydrogen-bond acceptors (Lipinski definition) is 3. The predicted molar refractivity (Wildman–Crippen MR) is 109 cm³/mol. The normalized spacial score (nSPS) is 18.3. The van der Waals surface area contributed by atoms with Crippen molar-refractivity contribution >= 4 is 34.7 Å². The van der Waals surface area contributed by atoms with Crippen LogP contribution in [-0.4, -0.2) is 16.8 Å². The number of carbonyl (C=O) groups is 2. The number of aliphatic hydroxyl groups excluding tert-OH is 1. The summed E-state index contributed by atoms with van der Waals surface area (Å²) in [7, 11) is 0. The van der Waals surface area contributed by atoms with Crippen LogP contribution in [0.5, 0.6) is 0 Å². The van der Waals surface area contributed by atoms with Crippen LogP contribution in [0, 0.1) is 5.82 Å². The third-order valence-corrected chi connectivity index (χ3v) is 5.01. The van der Waals surface area contributed by atoms with Gasteiger partial charge in [0.25, 0.3) is 11.7 Å². The molecule has 1 amide bonds. The van der Waals surface area contributed by atoms with Gasteiger partial charge in [-0.25, -0.2) is 4.39 Å². The van der Waals surface area contributed by atoms with Crippen LogP contribution in [0.2, 0.25) is 5.02 Å². The number of Topliss-reactive ketones (excluding diaryl/α,β-unsaturated/α-hetero) is 1. The summed E-state index contributed by atoms with van der Waals surface area (Å²) in [5, 5.41) is 11.2. The van der Waals surface area contributed by atoms with Crippen LogP contribution in [-0.2, 0) is 9.59 Å². The summed E-state index contributed by atoms with van der Waals surface area (Å²) < 4.78 is 14.7. The molecule has 6 heteroatoms. The number of carbonyl (C=O) groups excluding carboxylic acids is 2. The van der Waals surface area contributed by atoms with Crippen LogP contribution >= 0.6 is 11.6 Å². The number of amides is 1. The van der Waals surface area contributed by atoms with Crippen molar-refractivity contribution in [1.29, 1.82) is 0 Å². The minimum atomic E-state index is -1.13. The molecule has 3 aromatic rings. The minimum absolute atomic E-state index is 0.101. The quantitative estimate of drug-likeness (QED) is 0.373. The van der Waals surface area contributed by atoms with Crippen molar-refractivity contribution in [2.45, 2.75) is 6.04 Å². The molecule has 0 saturated carbocycles. The van der Waals surface area contributed by atoms with Gasteiger partial charge in [0.05, 0.1) is 11.6 Å². The maximum atomic E-state index is 14.7. The highest BCUT2D eigenvalue weighted by molar-refractivity contribution is 6.51. The van der Waals surface area contributed by atoms with Crippen molar-refractivity contribution in [1.82, 2.24) is 0 Å². The lowest BCUT2D eigenvalue weighted by atomic mass is 9.95. The van der Waals surface area contributed by atoms with Crippen LogP contribution in [0.3, 0.4) is 0 Å². The second-order valence-electron chi connectivity index (χ2n) is 6.54. The molecule has 1 atom stereocenters. The van der Waals surface area contributed by atoms with Crippen molar-refractivity contribution < 1.29 is 19.1 Å². The molecule has 144 valence electrons. The Kier molecular flexibility index (Phi) is 4.91. The van der Waals surface area contributed by atoms with E-state index in [-0.39, 0.29) is 16.9 Å². The SMILES string of the molecule is O=C1C(=O)N(c2cccc(Cl)c2)C(c2ccccc2F)/C1=C(\O)c1ccccc1. The maximum Gasteiger partial charge on any atom is 0.300 e. The molecule has 29 heavy (non-hydrogen) atoms. The van der Waals surface area contributed by atoms with E-state index in [0.717, 1.165) is 0 Å². The van der Waals surface area contributed by atoms with Gasteiger partial charge in [-0.05, 0) is 24.3 Å². The van der Waals surface area contributed by atoms with Gasteiger partial charge >= 0.3 is 0 Å².